The molecule has 7 nitrogen and oxygen atoms in total. The van der Waals surface area contributed by atoms with Crippen LogP contribution in [0.15, 0.2) is 42.6 Å². The number of hydrogen-bond donors (Lipinski definition) is 2. The van der Waals surface area contributed by atoms with Crippen LogP contribution in [-0.2, 0) is 11.3 Å². The number of rotatable bonds is 7. The van der Waals surface area contributed by atoms with Crippen LogP contribution < -0.4 is 10.6 Å². The van der Waals surface area contributed by atoms with Gasteiger partial charge in [-0.15, -0.1) is 0 Å². The third kappa shape index (κ3) is 4.45. The number of nitrogens with one attached hydrogen (secondary N) is 2. The van der Waals surface area contributed by atoms with E-state index in [-0.39, 0.29) is 17.9 Å². The highest BCUT2D eigenvalue weighted by Crippen LogP contribution is 2.25. The monoisotopic (exact) mass is 393 g/mol. The maximum atomic E-state index is 13.1. The number of aromatic nitrogens is 3. The molecule has 2 N–H and O–H groups in total. The molecule has 0 aliphatic heterocycles. The van der Waals surface area contributed by atoms with Gasteiger partial charge in [-0.1, -0.05) is 37.3 Å². The molecule has 1 aromatic carbocycles. The molecular formula is C22H27N5O2. The molecule has 0 saturated heterocycles. The fourth-order valence-corrected chi connectivity index (χ4v) is 3.03. The first kappa shape index (κ1) is 20.5. The van der Waals surface area contributed by atoms with E-state index in [0.29, 0.717) is 28.8 Å². The first-order chi connectivity index (χ1) is 13.9. The number of hydrogen-bond acceptors (Lipinski definition) is 4. The summed E-state index contributed by atoms with van der Waals surface area (Å²) in [5.74, 6) is -0.525. The number of benzene rings is 1. The summed E-state index contributed by atoms with van der Waals surface area (Å²) in [5.41, 5.74) is 2.71. The molecule has 2 atom stereocenters. The Morgan fingerprint density at radius 3 is 2.48 bits per heavy atom. The normalized spacial score (nSPS) is 13.1. The van der Waals surface area contributed by atoms with E-state index < -0.39 is 6.04 Å². The molecule has 3 aromatic rings. The zero-order valence-electron chi connectivity index (χ0n) is 17.3. The van der Waals surface area contributed by atoms with E-state index in [1.807, 2.05) is 51.1 Å². The molecule has 29 heavy (non-hydrogen) atoms. The van der Waals surface area contributed by atoms with Gasteiger partial charge in [-0.25, -0.2) is 9.67 Å². The molecule has 3 rings (SSSR count). The highest BCUT2D eigenvalue weighted by atomic mass is 16.2. The number of aryl methyl sites for hydroxylation is 1. The smallest absolute Gasteiger partial charge is 0.252 e. The van der Waals surface area contributed by atoms with Crippen molar-refractivity contribution < 1.29 is 9.59 Å². The van der Waals surface area contributed by atoms with E-state index in [2.05, 4.69) is 15.7 Å². The fourth-order valence-electron chi connectivity index (χ4n) is 3.03. The van der Waals surface area contributed by atoms with Crippen LogP contribution in [0.4, 0.5) is 0 Å². The van der Waals surface area contributed by atoms with Gasteiger partial charge in [0, 0.05) is 18.2 Å². The maximum Gasteiger partial charge on any atom is 0.252 e. The number of fused-ring (bicyclic) bond motifs is 1. The van der Waals surface area contributed by atoms with Gasteiger partial charge in [0.15, 0.2) is 5.65 Å². The summed E-state index contributed by atoms with van der Waals surface area (Å²) < 4.78 is 1.76. The second-order valence-corrected chi connectivity index (χ2v) is 7.13. The van der Waals surface area contributed by atoms with E-state index in [9.17, 15) is 9.59 Å². The van der Waals surface area contributed by atoms with E-state index in [1.54, 1.807) is 23.9 Å². The van der Waals surface area contributed by atoms with E-state index in [4.69, 9.17) is 4.98 Å². The molecule has 0 aliphatic carbocycles. The van der Waals surface area contributed by atoms with Gasteiger partial charge in [0.05, 0.1) is 22.8 Å². The molecule has 2 heterocycles. The Morgan fingerprint density at radius 1 is 1.10 bits per heavy atom. The van der Waals surface area contributed by atoms with Gasteiger partial charge < -0.3 is 10.6 Å². The minimum atomic E-state index is -0.652. The molecule has 0 fully saturated rings. The van der Waals surface area contributed by atoms with E-state index in [1.165, 1.54) is 0 Å². The van der Waals surface area contributed by atoms with Gasteiger partial charge in [0.1, 0.15) is 6.04 Å². The van der Waals surface area contributed by atoms with Crippen molar-refractivity contribution in [1.82, 2.24) is 25.4 Å². The summed E-state index contributed by atoms with van der Waals surface area (Å²) in [7, 11) is 0. The lowest BCUT2D eigenvalue weighted by atomic mass is 10.1. The van der Waals surface area contributed by atoms with Gasteiger partial charge in [0.25, 0.3) is 5.91 Å². The van der Waals surface area contributed by atoms with Crippen LogP contribution in [0.5, 0.6) is 0 Å². The van der Waals surface area contributed by atoms with Gasteiger partial charge in [0.2, 0.25) is 5.91 Å². The molecule has 0 bridgehead atoms. The molecule has 0 saturated carbocycles. The summed E-state index contributed by atoms with van der Waals surface area (Å²) in [6.07, 6.45) is 2.48. The number of carbonyl (C=O) groups excluding carboxylic acids is 2. The Balaban J connectivity index is 1.96. The van der Waals surface area contributed by atoms with Crippen molar-refractivity contribution in [3.05, 3.63) is 48.2 Å². The Kier molecular flexibility index (Phi) is 6.26. The highest BCUT2D eigenvalue weighted by Gasteiger charge is 2.21. The SMILES string of the molecule is CCC(C)NC(=O)C(C)NC(=O)c1cc(-c2ccccc2)nc2c1cnn2CC. The average molecular weight is 393 g/mol. The number of pyridine rings is 1. The van der Waals surface area contributed by atoms with Crippen LogP contribution in [0.1, 0.15) is 44.5 Å². The first-order valence-electron chi connectivity index (χ1n) is 9.97. The van der Waals surface area contributed by atoms with Gasteiger partial charge in [-0.2, -0.15) is 5.10 Å². The zero-order chi connectivity index (χ0) is 21.0. The maximum absolute atomic E-state index is 13.1. The Bertz CT molecular complexity index is 1010. The second kappa shape index (κ2) is 8.86. The van der Waals surface area contributed by atoms with Crippen molar-refractivity contribution in [3.63, 3.8) is 0 Å². The number of carbonyl (C=O) groups is 2. The van der Waals surface area contributed by atoms with Crippen LogP contribution >= 0.6 is 0 Å². The molecule has 0 radical (unpaired) electrons. The van der Waals surface area contributed by atoms with Gasteiger partial charge in [-0.3, -0.25) is 9.59 Å². The Morgan fingerprint density at radius 2 is 1.83 bits per heavy atom. The van der Waals surface area contributed by atoms with E-state index in [0.717, 1.165) is 12.0 Å². The standard InChI is InChI=1S/C22H27N5O2/c1-5-14(3)24-21(28)15(4)25-22(29)17-12-19(16-10-8-7-9-11-16)26-20-18(17)13-23-27(20)6-2/h7-15H,5-6H2,1-4H3,(H,24,28)(H,25,29). The molecule has 152 valence electrons. The van der Waals surface area contributed by atoms with Crippen molar-refractivity contribution in [3.8, 4) is 11.3 Å². The van der Waals surface area contributed by atoms with E-state index >= 15 is 0 Å². The predicted octanol–water partition coefficient (Wildman–Crippen LogP) is 3.15. The van der Waals surface area contributed by atoms with Crippen molar-refractivity contribution in [2.75, 3.05) is 0 Å². The van der Waals surface area contributed by atoms with Gasteiger partial charge in [-0.05, 0) is 33.3 Å². The van der Waals surface area contributed by atoms with Crippen molar-refractivity contribution in [2.24, 2.45) is 0 Å². The summed E-state index contributed by atoms with van der Waals surface area (Å²) >= 11 is 0. The van der Waals surface area contributed by atoms with Crippen LogP contribution in [0.25, 0.3) is 22.3 Å². The minimum absolute atomic E-state index is 0.0574. The lowest BCUT2D eigenvalue weighted by molar-refractivity contribution is -0.123. The van der Waals surface area contributed by atoms with Crippen molar-refractivity contribution >= 4 is 22.8 Å². The number of amides is 2. The summed E-state index contributed by atoms with van der Waals surface area (Å²) in [6.45, 7) is 8.23. The van der Waals surface area contributed by atoms with Crippen molar-refractivity contribution in [1.29, 1.82) is 0 Å². The molecule has 0 aliphatic rings. The predicted molar refractivity (Wildman–Crippen MR) is 113 cm³/mol. The third-order valence-electron chi connectivity index (χ3n) is 4.96. The largest absolute Gasteiger partial charge is 0.352 e. The Hall–Kier alpha value is -3.22. The minimum Gasteiger partial charge on any atom is -0.352 e. The molecule has 0 spiro atoms. The lowest BCUT2D eigenvalue weighted by Crippen LogP contribution is -2.47. The Labute approximate surface area is 170 Å². The molecule has 2 unspecified atom stereocenters. The average Bonchev–Trinajstić information content (AvgIpc) is 3.16. The van der Waals surface area contributed by atoms with Crippen LogP contribution in [0, 0.1) is 0 Å². The molecular weight excluding hydrogens is 366 g/mol. The molecule has 2 amide bonds. The summed E-state index contributed by atoms with van der Waals surface area (Å²) in [6, 6.07) is 10.9. The molecule has 2 aromatic heterocycles. The topological polar surface area (TPSA) is 88.9 Å². The van der Waals surface area contributed by atoms with Crippen molar-refractivity contribution in [2.45, 2.75) is 52.7 Å². The lowest BCUT2D eigenvalue weighted by Gasteiger charge is -2.18. The molecule has 7 heteroatoms. The summed E-state index contributed by atoms with van der Waals surface area (Å²) in [4.78, 5) is 30.1. The van der Waals surface area contributed by atoms with Crippen LogP contribution in [-0.4, -0.2) is 38.7 Å². The first-order valence-corrected chi connectivity index (χ1v) is 9.97. The quantitative estimate of drug-likeness (QED) is 0.645. The third-order valence-corrected chi connectivity index (χ3v) is 4.96. The van der Waals surface area contributed by atoms with Crippen LogP contribution in [0.3, 0.4) is 0 Å². The highest BCUT2D eigenvalue weighted by molar-refractivity contribution is 6.07. The summed E-state index contributed by atoms with van der Waals surface area (Å²) in [5, 5.41) is 10.7. The zero-order valence-corrected chi connectivity index (χ0v) is 17.3. The van der Waals surface area contributed by atoms with Crippen LogP contribution in [0.2, 0.25) is 0 Å². The van der Waals surface area contributed by atoms with Gasteiger partial charge >= 0.3 is 0 Å². The fraction of sp³-hybridized carbons (Fsp3) is 0.364. The second-order valence-electron chi connectivity index (χ2n) is 7.13. The number of nitrogens with zero attached hydrogens (tertiary/aromatic N) is 3.